The lowest BCUT2D eigenvalue weighted by Crippen LogP contribution is -2.51. The number of nitrogens with zero attached hydrogens (tertiary/aromatic N) is 1. The molecule has 9 heteroatoms. The molecule has 1 N–H and O–H groups in total. The average Bonchev–Trinajstić information content (AvgIpc) is 2.36. The molecule has 20 heavy (non-hydrogen) atoms. The molecule has 1 aliphatic heterocycles. The van der Waals surface area contributed by atoms with Gasteiger partial charge in [0.15, 0.2) is 28.2 Å². The molecule has 1 unspecified atom stereocenters. The van der Waals surface area contributed by atoms with Crippen LogP contribution in [0.3, 0.4) is 0 Å². The zero-order chi connectivity index (χ0) is 15.1. The lowest BCUT2D eigenvalue weighted by atomic mass is 10.3. The molecule has 0 aliphatic carbocycles. The Balaban J connectivity index is 2.55. The Hall–Kier alpha value is -1.19. The van der Waals surface area contributed by atoms with E-state index >= 15 is 0 Å². The molecule has 1 aliphatic rings. The van der Waals surface area contributed by atoms with Crippen LogP contribution in [0.4, 0.5) is 17.6 Å². The van der Waals surface area contributed by atoms with Crippen molar-refractivity contribution >= 4 is 10.0 Å². The summed E-state index contributed by atoms with van der Waals surface area (Å²) < 4.78 is 78.5. The minimum Gasteiger partial charge on any atom is -0.312 e. The van der Waals surface area contributed by atoms with Crippen LogP contribution in [0.1, 0.15) is 6.92 Å². The maximum atomic E-state index is 13.6. The monoisotopic (exact) mass is 312 g/mol. The Bertz CT molecular complexity index is 610. The van der Waals surface area contributed by atoms with Gasteiger partial charge in [0.05, 0.1) is 0 Å². The van der Waals surface area contributed by atoms with Crippen molar-refractivity contribution in [3.05, 3.63) is 29.3 Å². The minimum absolute atomic E-state index is 0.0237. The smallest absolute Gasteiger partial charge is 0.249 e. The van der Waals surface area contributed by atoms with Gasteiger partial charge >= 0.3 is 0 Å². The first-order valence-electron chi connectivity index (χ1n) is 5.81. The summed E-state index contributed by atoms with van der Waals surface area (Å²) in [4.78, 5) is -1.58. The highest BCUT2D eigenvalue weighted by Gasteiger charge is 2.36. The Labute approximate surface area is 113 Å². The number of hydrogen-bond donors (Lipinski definition) is 1. The Morgan fingerprint density at radius 1 is 1.20 bits per heavy atom. The second kappa shape index (κ2) is 5.30. The van der Waals surface area contributed by atoms with E-state index in [-0.39, 0.29) is 31.7 Å². The van der Waals surface area contributed by atoms with Crippen molar-refractivity contribution in [2.24, 2.45) is 0 Å². The van der Waals surface area contributed by atoms with Crippen molar-refractivity contribution in [1.29, 1.82) is 0 Å². The summed E-state index contributed by atoms with van der Waals surface area (Å²) in [6.45, 7) is 1.88. The van der Waals surface area contributed by atoms with Gasteiger partial charge in [-0.05, 0) is 6.92 Å². The van der Waals surface area contributed by atoms with Gasteiger partial charge in [-0.25, -0.2) is 26.0 Å². The molecule has 0 amide bonds. The molecule has 0 spiro atoms. The highest BCUT2D eigenvalue weighted by atomic mass is 32.2. The second-order valence-corrected chi connectivity index (χ2v) is 6.39. The zero-order valence-corrected chi connectivity index (χ0v) is 11.3. The number of sulfonamides is 1. The predicted octanol–water partition coefficient (Wildman–Crippen LogP) is 1.23. The Morgan fingerprint density at radius 3 is 2.25 bits per heavy atom. The van der Waals surface area contributed by atoms with E-state index in [1.807, 2.05) is 0 Å². The van der Waals surface area contributed by atoms with Crippen LogP contribution in [0, 0.1) is 23.3 Å². The molecule has 2 rings (SSSR count). The molecule has 0 radical (unpaired) electrons. The second-order valence-electron chi connectivity index (χ2n) is 4.52. The molecule has 0 bridgehead atoms. The van der Waals surface area contributed by atoms with Gasteiger partial charge in [0.2, 0.25) is 10.0 Å². The third kappa shape index (κ3) is 2.52. The molecule has 1 fully saturated rings. The van der Waals surface area contributed by atoms with Crippen LogP contribution < -0.4 is 5.32 Å². The fourth-order valence-electron chi connectivity index (χ4n) is 2.02. The van der Waals surface area contributed by atoms with Gasteiger partial charge in [-0.1, -0.05) is 0 Å². The van der Waals surface area contributed by atoms with Gasteiger partial charge in [-0.3, -0.25) is 0 Å². The maximum Gasteiger partial charge on any atom is 0.249 e. The summed E-state index contributed by atoms with van der Waals surface area (Å²) in [6.07, 6.45) is 0. The van der Waals surface area contributed by atoms with Gasteiger partial charge in [-0.2, -0.15) is 4.31 Å². The third-order valence-electron chi connectivity index (χ3n) is 3.00. The summed E-state index contributed by atoms with van der Waals surface area (Å²) >= 11 is 0. The number of benzene rings is 1. The van der Waals surface area contributed by atoms with Crippen LogP contribution in [0.15, 0.2) is 11.0 Å². The van der Waals surface area contributed by atoms with E-state index in [1.54, 1.807) is 6.92 Å². The molecule has 1 heterocycles. The summed E-state index contributed by atoms with van der Waals surface area (Å²) in [6, 6.07) is -0.257. The van der Waals surface area contributed by atoms with Crippen molar-refractivity contribution < 1.29 is 26.0 Å². The van der Waals surface area contributed by atoms with E-state index in [0.717, 1.165) is 4.31 Å². The SMILES string of the molecule is CC1CN(S(=O)(=O)c2c(F)c(F)cc(F)c2F)CCN1. The number of hydrogen-bond acceptors (Lipinski definition) is 3. The molecule has 1 atom stereocenters. The third-order valence-corrected chi connectivity index (χ3v) is 4.89. The lowest BCUT2D eigenvalue weighted by molar-refractivity contribution is 0.305. The summed E-state index contributed by atoms with van der Waals surface area (Å²) in [5.74, 6) is -7.30. The van der Waals surface area contributed by atoms with Crippen molar-refractivity contribution in [1.82, 2.24) is 9.62 Å². The molecule has 0 aromatic heterocycles. The minimum atomic E-state index is -4.64. The van der Waals surface area contributed by atoms with E-state index in [1.165, 1.54) is 0 Å². The van der Waals surface area contributed by atoms with Crippen LogP contribution >= 0.6 is 0 Å². The lowest BCUT2D eigenvalue weighted by Gasteiger charge is -2.31. The molecule has 1 aromatic carbocycles. The maximum absolute atomic E-state index is 13.6. The van der Waals surface area contributed by atoms with Crippen molar-refractivity contribution in [3.8, 4) is 0 Å². The van der Waals surface area contributed by atoms with Crippen LogP contribution in [0.2, 0.25) is 0 Å². The van der Waals surface area contributed by atoms with Crippen LogP contribution in [-0.2, 0) is 10.0 Å². The molecular formula is C11H12F4N2O2S. The van der Waals surface area contributed by atoms with Crippen molar-refractivity contribution in [3.63, 3.8) is 0 Å². The van der Waals surface area contributed by atoms with Crippen LogP contribution in [-0.4, -0.2) is 38.4 Å². The highest BCUT2D eigenvalue weighted by Crippen LogP contribution is 2.27. The van der Waals surface area contributed by atoms with E-state index in [4.69, 9.17) is 0 Å². The zero-order valence-electron chi connectivity index (χ0n) is 10.5. The van der Waals surface area contributed by atoms with Gasteiger partial charge in [0.25, 0.3) is 0 Å². The Morgan fingerprint density at radius 2 is 1.75 bits per heavy atom. The Kier molecular flexibility index (Phi) is 4.03. The number of halogens is 4. The van der Waals surface area contributed by atoms with Gasteiger partial charge < -0.3 is 5.32 Å². The molecule has 4 nitrogen and oxygen atoms in total. The first kappa shape index (κ1) is 15.2. The van der Waals surface area contributed by atoms with Gasteiger partial charge in [-0.15, -0.1) is 0 Å². The van der Waals surface area contributed by atoms with Crippen LogP contribution in [0.5, 0.6) is 0 Å². The number of piperazine rings is 1. The topological polar surface area (TPSA) is 49.4 Å². The molecule has 112 valence electrons. The largest absolute Gasteiger partial charge is 0.312 e. The van der Waals surface area contributed by atoms with Crippen molar-refractivity contribution in [2.45, 2.75) is 17.9 Å². The number of rotatable bonds is 2. The fraction of sp³-hybridized carbons (Fsp3) is 0.455. The quantitative estimate of drug-likeness (QED) is 0.660. The average molecular weight is 312 g/mol. The van der Waals surface area contributed by atoms with Gasteiger partial charge in [0, 0.05) is 31.7 Å². The van der Waals surface area contributed by atoms with E-state index in [2.05, 4.69) is 5.32 Å². The van der Waals surface area contributed by atoms with E-state index in [9.17, 15) is 26.0 Å². The molecule has 1 saturated heterocycles. The molecular weight excluding hydrogens is 300 g/mol. The predicted molar refractivity (Wildman–Crippen MR) is 62.5 cm³/mol. The van der Waals surface area contributed by atoms with Crippen LogP contribution in [0.25, 0.3) is 0 Å². The van der Waals surface area contributed by atoms with Crippen molar-refractivity contribution in [2.75, 3.05) is 19.6 Å². The van der Waals surface area contributed by atoms with E-state index < -0.39 is 38.2 Å². The summed E-state index contributed by atoms with van der Waals surface area (Å²) in [5, 5.41) is 2.95. The first-order valence-corrected chi connectivity index (χ1v) is 7.25. The number of nitrogens with one attached hydrogen (secondary N) is 1. The molecule has 1 aromatic rings. The van der Waals surface area contributed by atoms with Gasteiger partial charge in [0.1, 0.15) is 0 Å². The summed E-state index contributed by atoms with van der Waals surface area (Å²) in [5.41, 5.74) is 0. The highest BCUT2D eigenvalue weighted by molar-refractivity contribution is 7.89. The standard InChI is InChI=1S/C11H12F4N2O2S/c1-6-5-17(3-2-16-6)20(18,19)11-9(14)7(12)4-8(13)10(11)15/h4,6,16H,2-3,5H2,1H3. The summed E-state index contributed by atoms with van der Waals surface area (Å²) in [7, 11) is -4.64. The molecule has 0 saturated carbocycles. The first-order chi connectivity index (χ1) is 9.25. The fourth-order valence-corrected chi connectivity index (χ4v) is 3.68. The van der Waals surface area contributed by atoms with E-state index in [0.29, 0.717) is 0 Å². The normalized spacial score (nSPS) is 21.1.